The van der Waals surface area contributed by atoms with E-state index in [1.807, 2.05) is 12.1 Å². The summed E-state index contributed by atoms with van der Waals surface area (Å²) in [5, 5.41) is 3.59. The molecule has 3 rings (SSSR count). The molecule has 5 heteroatoms. The third-order valence-corrected chi connectivity index (χ3v) is 4.66. The van der Waals surface area contributed by atoms with Gasteiger partial charge < -0.3 is 10.2 Å². The van der Waals surface area contributed by atoms with Gasteiger partial charge in [0.05, 0.1) is 0 Å². The lowest BCUT2D eigenvalue weighted by molar-refractivity contribution is -0.131. The van der Waals surface area contributed by atoms with Gasteiger partial charge in [0.25, 0.3) is 5.91 Å². The Morgan fingerprint density at radius 1 is 1.14 bits per heavy atom. The third-order valence-electron chi connectivity index (χ3n) is 4.42. The number of hydrogen-bond donors (Lipinski definition) is 1. The van der Waals surface area contributed by atoms with Gasteiger partial charge in [-0.05, 0) is 31.0 Å². The molecule has 1 aromatic rings. The highest BCUT2D eigenvalue weighted by atomic mass is 35.5. The van der Waals surface area contributed by atoms with E-state index in [1.54, 1.807) is 17.0 Å². The smallest absolute Gasteiger partial charge is 0.252 e. The van der Waals surface area contributed by atoms with Gasteiger partial charge in [0.15, 0.2) is 0 Å². The Labute approximate surface area is 129 Å². The van der Waals surface area contributed by atoms with Gasteiger partial charge in [-0.15, -0.1) is 0 Å². The number of hydrogen-bond acceptors (Lipinski definition) is 2. The van der Waals surface area contributed by atoms with Crippen LogP contribution in [-0.2, 0) is 9.59 Å². The van der Waals surface area contributed by atoms with Gasteiger partial charge in [-0.25, -0.2) is 0 Å². The van der Waals surface area contributed by atoms with E-state index >= 15 is 0 Å². The highest BCUT2D eigenvalue weighted by Gasteiger charge is 2.45. The number of rotatable bonds is 1. The number of benzene rings is 1. The zero-order valence-electron chi connectivity index (χ0n) is 11.9. The molecule has 1 saturated carbocycles. The molecule has 2 amide bonds. The molecule has 1 heterocycles. The average Bonchev–Trinajstić information content (AvgIpc) is 2.58. The highest BCUT2D eigenvalue weighted by Crippen LogP contribution is 2.33. The molecule has 1 spiro atoms. The van der Waals surface area contributed by atoms with Crippen molar-refractivity contribution in [1.82, 2.24) is 5.32 Å². The SMILES string of the molecule is O=C1CCN(c2cccc(Cl)c2)C(=O)C2(CCCCC2)N1. The van der Waals surface area contributed by atoms with E-state index in [4.69, 9.17) is 11.6 Å². The van der Waals surface area contributed by atoms with Crippen LogP contribution in [0.2, 0.25) is 5.02 Å². The summed E-state index contributed by atoms with van der Waals surface area (Å²) >= 11 is 6.04. The Kier molecular flexibility index (Phi) is 3.89. The molecule has 1 aliphatic carbocycles. The third kappa shape index (κ3) is 2.77. The van der Waals surface area contributed by atoms with E-state index in [0.717, 1.165) is 37.8 Å². The van der Waals surface area contributed by atoms with Crippen molar-refractivity contribution >= 4 is 29.1 Å². The molecule has 1 aliphatic heterocycles. The number of amides is 2. The molecule has 1 saturated heterocycles. The van der Waals surface area contributed by atoms with Crippen molar-refractivity contribution < 1.29 is 9.59 Å². The second-order valence-corrected chi connectivity index (χ2v) is 6.31. The second-order valence-electron chi connectivity index (χ2n) is 5.88. The minimum atomic E-state index is -0.714. The summed E-state index contributed by atoms with van der Waals surface area (Å²) in [6.45, 7) is 0.409. The van der Waals surface area contributed by atoms with E-state index in [-0.39, 0.29) is 11.8 Å². The second kappa shape index (κ2) is 5.68. The maximum Gasteiger partial charge on any atom is 0.252 e. The summed E-state index contributed by atoms with van der Waals surface area (Å²) in [4.78, 5) is 26.8. The van der Waals surface area contributed by atoms with Crippen LogP contribution in [0.5, 0.6) is 0 Å². The number of nitrogens with one attached hydrogen (secondary N) is 1. The monoisotopic (exact) mass is 306 g/mol. The van der Waals surface area contributed by atoms with E-state index < -0.39 is 5.54 Å². The summed E-state index contributed by atoms with van der Waals surface area (Å²) in [7, 11) is 0. The summed E-state index contributed by atoms with van der Waals surface area (Å²) < 4.78 is 0. The first-order valence-electron chi connectivity index (χ1n) is 7.49. The van der Waals surface area contributed by atoms with Crippen LogP contribution < -0.4 is 10.2 Å². The zero-order chi connectivity index (χ0) is 14.9. The van der Waals surface area contributed by atoms with Crippen LogP contribution in [0.25, 0.3) is 0 Å². The van der Waals surface area contributed by atoms with Gasteiger partial charge in [-0.1, -0.05) is 36.9 Å². The van der Waals surface area contributed by atoms with Crippen LogP contribution in [0.3, 0.4) is 0 Å². The lowest BCUT2D eigenvalue weighted by Gasteiger charge is -2.38. The topological polar surface area (TPSA) is 49.4 Å². The van der Waals surface area contributed by atoms with Crippen LogP contribution in [0.1, 0.15) is 38.5 Å². The molecule has 0 unspecified atom stereocenters. The lowest BCUT2D eigenvalue weighted by Crippen LogP contribution is -2.58. The van der Waals surface area contributed by atoms with Crippen molar-refractivity contribution in [2.45, 2.75) is 44.1 Å². The van der Waals surface area contributed by atoms with Crippen molar-refractivity contribution in [2.24, 2.45) is 0 Å². The quantitative estimate of drug-likeness (QED) is 0.867. The van der Waals surface area contributed by atoms with Crippen LogP contribution in [0.4, 0.5) is 5.69 Å². The summed E-state index contributed by atoms with van der Waals surface area (Å²) in [5.41, 5.74) is 0.0580. The maximum atomic E-state index is 13.0. The average molecular weight is 307 g/mol. The van der Waals surface area contributed by atoms with Crippen LogP contribution >= 0.6 is 11.6 Å². The first-order valence-corrected chi connectivity index (χ1v) is 7.87. The molecule has 0 atom stereocenters. The van der Waals surface area contributed by atoms with Crippen LogP contribution in [0, 0.1) is 0 Å². The van der Waals surface area contributed by atoms with E-state index in [9.17, 15) is 9.59 Å². The minimum absolute atomic E-state index is 0.00955. The highest BCUT2D eigenvalue weighted by molar-refractivity contribution is 6.31. The summed E-state index contributed by atoms with van der Waals surface area (Å²) in [6, 6.07) is 7.27. The molecular formula is C16H19ClN2O2. The molecule has 2 aliphatic rings. The fourth-order valence-corrected chi connectivity index (χ4v) is 3.53. The van der Waals surface area contributed by atoms with Gasteiger partial charge in [0.2, 0.25) is 5.91 Å². The number of carbonyl (C=O) groups excluding carboxylic acids is 2. The van der Waals surface area contributed by atoms with Gasteiger partial charge in [-0.3, -0.25) is 9.59 Å². The van der Waals surface area contributed by atoms with Gasteiger partial charge in [0.1, 0.15) is 5.54 Å². The Hall–Kier alpha value is -1.55. The normalized spacial score (nSPS) is 22.0. The van der Waals surface area contributed by atoms with Crippen molar-refractivity contribution in [3.05, 3.63) is 29.3 Å². The molecule has 2 fully saturated rings. The molecule has 0 radical (unpaired) electrons. The number of halogens is 1. The van der Waals surface area contributed by atoms with Gasteiger partial charge in [-0.2, -0.15) is 0 Å². The molecule has 21 heavy (non-hydrogen) atoms. The van der Waals surface area contributed by atoms with Crippen molar-refractivity contribution in [3.63, 3.8) is 0 Å². The minimum Gasteiger partial charge on any atom is -0.342 e. The predicted octanol–water partition coefficient (Wildman–Crippen LogP) is 2.90. The molecule has 1 aromatic carbocycles. The number of carbonyl (C=O) groups is 2. The lowest BCUT2D eigenvalue weighted by atomic mass is 9.80. The Bertz CT molecular complexity index is 567. The fourth-order valence-electron chi connectivity index (χ4n) is 3.34. The Balaban J connectivity index is 1.96. The molecule has 4 nitrogen and oxygen atoms in total. The molecule has 1 N–H and O–H groups in total. The molecule has 112 valence electrons. The first-order chi connectivity index (χ1) is 10.1. The van der Waals surface area contributed by atoms with Crippen molar-refractivity contribution in [3.8, 4) is 0 Å². The van der Waals surface area contributed by atoms with Crippen molar-refractivity contribution in [1.29, 1.82) is 0 Å². The standard InChI is InChI=1S/C16H19ClN2O2/c17-12-5-4-6-13(11-12)19-10-7-14(20)18-16(15(19)21)8-2-1-3-9-16/h4-6,11H,1-3,7-10H2,(H,18,20). The summed E-state index contributed by atoms with van der Waals surface area (Å²) in [6.07, 6.45) is 4.89. The van der Waals surface area contributed by atoms with Crippen LogP contribution in [-0.4, -0.2) is 23.9 Å². The Morgan fingerprint density at radius 3 is 2.62 bits per heavy atom. The largest absolute Gasteiger partial charge is 0.342 e. The Morgan fingerprint density at radius 2 is 1.90 bits per heavy atom. The molecule has 0 aromatic heterocycles. The fraction of sp³-hybridized carbons (Fsp3) is 0.500. The first kappa shape index (κ1) is 14.4. The van der Waals surface area contributed by atoms with Gasteiger partial charge >= 0.3 is 0 Å². The zero-order valence-corrected chi connectivity index (χ0v) is 12.7. The predicted molar refractivity (Wildman–Crippen MR) is 82.4 cm³/mol. The molecular weight excluding hydrogens is 288 g/mol. The molecule has 0 bridgehead atoms. The number of nitrogens with zero attached hydrogens (tertiary/aromatic N) is 1. The van der Waals surface area contributed by atoms with E-state index in [0.29, 0.717) is 18.0 Å². The summed E-state index contributed by atoms with van der Waals surface area (Å²) in [5.74, 6) is -0.0231. The maximum absolute atomic E-state index is 13.0. The van der Waals surface area contributed by atoms with Gasteiger partial charge in [0, 0.05) is 23.7 Å². The number of anilines is 1. The van der Waals surface area contributed by atoms with E-state index in [2.05, 4.69) is 5.32 Å². The van der Waals surface area contributed by atoms with E-state index in [1.165, 1.54) is 0 Å². The van der Waals surface area contributed by atoms with Crippen molar-refractivity contribution in [2.75, 3.05) is 11.4 Å². The van der Waals surface area contributed by atoms with Crippen LogP contribution in [0.15, 0.2) is 24.3 Å².